The third-order valence-corrected chi connectivity index (χ3v) is 3.20. The number of rotatable bonds is 4. The summed E-state index contributed by atoms with van der Waals surface area (Å²) in [5, 5.41) is 0. The molecule has 5 heteroatoms. The lowest BCUT2D eigenvalue weighted by atomic mass is 10.1. The van der Waals surface area contributed by atoms with Crippen LogP contribution < -0.4 is 0 Å². The van der Waals surface area contributed by atoms with Gasteiger partial charge < -0.3 is 4.90 Å². The first kappa shape index (κ1) is 15.1. The first-order valence-corrected chi connectivity index (χ1v) is 6.67. The highest BCUT2D eigenvalue weighted by Crippen LogP contribution is 2.15. The van der Waals surface area contributed by atoms with Crippen molar-refractivity contribution in [3.05, 3.63) is 65.0 Å². The molecule has 0 aliphatic heterocycles. The van der Waals surface area contributed by atoms with E-state index in [-0.39, 0.29) is 5.56 Å². The minimum absolute atomic E-state index is 0.294. The van der Waals surface area contributed by atoms with Gasteiger partial charge in [-0.1, -0.05) is 29.8 Å². The number of benzene rings is 1. The average Bonchev–Trinajstić information content (AvgIpc) is 2.47. The standard InChI is InChI=1S/C16H16F2N2O/c1-3-20(10-12-6-4-5-11(2)9-12)16(21)13-7-8-19-15(18)14(13)17/h4-9H,3,10H2,1-2H3. The monoisotopic (exact) mass is 290 g/mol. The fourth-order valence-electron chi connectivity index (χ4n) is 2.11. The number of pyridine rings is 1. The van der Waals surface area contributed by atoms with E-state index in [1.54, 1.807) is 6.92 Å². The van der Waals surface area contributed by atoms with E-state index in [9.17, 15) is 13.6 Å². The second-order valence-electron chi connectivity index (χ2n) is 4.77. The molecule has 0 unspecified atom stereocenters. The summed E-state index contributed by atoms with van der Waals surface area (Å²) in [7, 11) is 0. The lowest BCUT2D eigenvalue weighted by Crippen LogP contribution is -2.31. The average molecular weight is 290 g/mol. The lowest BCUT2D eigenvalue weighted by Gasteiger charge is -2.21. The van der Waals surface area contributed by atoms with Crippen LogP contribution >= 0.6 is 0 Å². The van der Waals surface area contributed by atoms with Crippen LogP contribution in [0.5, 0.6) is 0 Å². The highest BCUT2D eigenvalue weighted by Gasteiger charge is 2.21. The molecule has 1 heterocycles. The van der Waals surface area contributed by atoms with Crippen molar-refractivity contribution in [3.63, 3.8) is 0 Å². The van der Waals surface area contributed by atoms with Crippen LogP contribution in [-0.2, 0) is 6.54 Å². The number of hydrogen-bond donors (Lipinski definition) is 0. The Kier molecular flexibility index (Phi) is 4.62. The summed E-state index contributed by atoms with van der Waals surface area (Å²) in [5.74, 6) is -3.00. The number of amides is 1. The maximum Gasteiger partial charge on any atom is 0.257 e. The Morgan fingerprint density at radius 3 is 2.71 bits per heavy atom. The second-order valence-corrected chi connectivity index (χ2v) is 4.77. The molecule has 0 N–H and O–H groups in total. The lowest BCUT2D eigenvalue weighted by molar-refractivity contribution is 0.0746. The number of aryl methyl sites for hydroxylation is 1. The molecule has 0 spiro atoms. The predicted octanol–water partition coefficient (Wildman–Crippen LogP) is 3.33. The Morgan fingerprint density at radius 1 is 1.29 bits per heavy atom. The van der Waals surface area contributed by atoms with Crippen LogP contribution in [0.3, 0.4) is 0 Å². The van der Waals surface area contributed by atoms with Gasteiger partial charge in [0.2, 0.25) is 5.95 Å². The van der Waals surface area contributed by atoms with Gasteiger partial charge in [0.1, 0.15) is 0 Å². The van der Waals surface area contributed by atoms with Gasteiger partial charge >= 0.3 is 0 Å². The molecule has 2 aromatic rings. The van der Waals surface area contributed by atoms with Crippen molar-refractivity contribution in [2.45, 2.75) is 20.4 Å². The molecule has 0 atom stereocenters. The molecule has 1 amide bonds. The number of nitrogens with zero attached hydrogens (tertiary/aromatic N) is 2. The van der Waals surface area contributed by atoms with Crippen molar-refractivity contribution >= 4 is 5.91 Å². The van der Waals surface area contributed by atoms with Crippen molar-refractivity contribution in [3.8, 4) is 0 Å². The molecule has 0 bridgehead atoms. The van der Waals surface area contributed by atoms with Gasteiger partial charge in [-0.15, -0.1) is 0 Å². The molecular formula is C16H16F2N2O. The van der Waals surface area contributed by atoms with Crippen molar-refractivity contribution in [1.82, 2.24) is 9.88 Å². The van der Waals surface area contributed by atoms with E-state index in [1.807, 2.05) is 31.2 Å². The van der Waals surface area contributed by atoms with E-state index in [0.29, 0.717) is 13.1 Å². The Morgan fingerprint density at radius 2 is 2.05 bits per heavy atom. The molecule has 0 aliphatic carbocycles. The van der Waals surface area contributed by atoms with E-state index < -0.39 is 17.7 Å². The minimum Gasteiger partial charge on any atom is -0.335 e. The van der Waals surface area contributed by atoms with Crippen molar-refractivity contribution < 1.29 is 13.6 Å². The second kappa shape index (κ2) is 6.43. The number of carbonyl (C=O) groups excluding carboxylic acids is 1. The van der Waals surface area contributed by atoms with Crippen LogP contribution in [0.15, 0.2) is 36.5 Å². The Labute approximate surface area is 122 Å². The quantitative estimate of drug-likeness (QED) is 0.809. The predicted molar refractivity (Wildman–Crippen MR) is 75.7 cm³/mol. The summed E-state index contributed by atoms with van der Waals surface area (Å²) in [4.78, 5) is 17.0. The van der Waals surface area contributed by atoms with Gasteiger partial charge in [0.15, 0.2) is 5.82 Å². The Balaban J connectivity index is 2.25. The van der Waals surface area contributed by atoms with Gasteiger partial charge in [-0.25, -0.2) is 9.37 Å². The van der Waals surface area contributed by atoms with Gasteiger partial charge in [0.25, 0.3) is 5.91 Å². The number of halogens is 2. The van der Waals surface area contributed by atoms with Crippen LogP contribution in [-0.4, -0.2) is 22.3 Å². The molecule has 3 nitrogen and oxygen atoms in total. The molecular weight excluding hydrogens is 274 g/mol. The number of aromatic nitrogens is 1. The topological polar surface area (TPSA) is 33.2 Å². The fourth-order valence-corrected chi connectivity index (χ4v) is 2.11. The van der Waals surface area contributed by atoms with E-state index in [4.69, 9.17) is 0 Å². The van der Waals surface area contributed by atoms with Crippen molar-refractivity contribution in [1.29, 1.82) is 0 Å². The summed E-state index contributed by atoms with van der Waals surface area (Å²) in [6.07, 6.45) is 1.09. The van der Waals surface area contributed by atoms with Crippen LogP contribution in [0.4, 0.5) is 8.78 Å². The maximum atomic E-state index is 13.7. The van der Waals surface area contributed by atoms with Crippen LogP contribution in [0, 0.1) is 18.7 Å². The number of carbonyl (C=O) groups is 1. The van der Waals surface area contributed by atoms with E-state index in [0.717, 1.165) is 17.3 Å². The molecule has 0 aliphatic rings. The fraction of sp³-hybridized carbons (Fsp3) is 0.250. The van der Waals surface area contributed by atoms with Gasteiger partial charge in [0.05, 0.1) is 5.56 Å². The van der Waals surface area contributed by atoms with Crippen molar-refractivity contribution in [2.75, 3.05) is 6.54 Å². The summed E-state index contributed by atoms with van der Waals surface area (Å²) in [6.45, 7) is 4.50. The highest BCUT2D eigenvalue weighted by atomic mass is 19.2. The van der Waals surface area contributed by atoms with E-state index >= 15 is 0 Å². The molecule has 21 heavy (non-hydrogen) atoms. The van der Waals surface area contributed by atoms with E-state index in [1.165, 1.54) is 11.0 Å². The third-order valence-electron chi connectivity index (χ3n) is 3.20. The molecule has 0 radical (unpaired) electrons. The summed E-state index contributed by atoms with van der Waals surface area (Å²) < 4.78 is 26.8. The van der Waals surface area contributed by atoms with Crippen LogP contribution in [0.2, 0.25) is 0 Å². The molecule has 2 rings (SSSR count). The Bertz CT molecular complexity index is 658. The van der Waals surface area contributed by atoms with Crippen LogP contribution in [0.1, 0.15) is 28.4 Å². The van der Waals surface area contributed by atoms with E-state index in [2.05, 4.69) is 4.98 Å². The zero-order chi connectivity index (χ0) is 15.4. The van der Waals surface area contributed by atoms with Gasteiger partial charge in [-0.2, -0.15) is 4.39 Å². The molecule has 110 valence electrons. The molecule has 0 fully saturated rings. The summed E-state index contributed by atoms with van der Waals surface area (Å²) >= 11 is 0. The van der Waals surface area contributed by atoms with Gasteiger partial charge in [-0.05, 0) is 25.5 Å². The summed E-state index contributed by atoms with van der Waals surface area (Å²) in [5.41, 5.74) is 1.73. The smallest absolute Gasteiger partial charge is 0.257 e. The van der Waals surface area contributed by atoms with Gasteiger partial charge in [0, 0.05) is 19.3 Å². The first-order valence-electron chi connectivity index (χ1n) is 6.67. The highest BCUT2D eigenvalue weighted by molar-refractivity contribution is 5.94. The maximum absolute atomic E-state index is 13.7. The molecule has 1 aromatic heterocycles. The SMILES string of the molecule is CCN(Cc1cccc(C)c1)C(=O)c1ccnc(F)c1F. The van der Waals surface area contributed by atoms with Gasteiger partial charge in [-0.3, -0.25) is 4.79 Å². The third kappa shape index (κ3) is 3.42. The van der Waals surface area contributed by atoms with Crippen LogP contribution in [0.25, 0.3) is 0 Å². The van der Waals surface area contributed by atoms with Crippen molar-refractivity contribution in [2.24, 2.45) is 0 Å². The first-order chi connectivity index (χ1) is 10.0. The number of hydrogen-bond acceptors (Lipinski definition) is 2. The zero-order valence-corrected chi connectivity index (χ0v) is 11.9. The molecule has 0 saturated carbocycles. The molecule has 1 aromatic carbocycles. The Hall–Kier alpha value is -2.30. The zero-order valence-electron chi connectivity index (χ0n) is 11.9. The molecule has 0 saturated heterocycles. The largest absolute Gasteiger partial charge is 0.335 e. The minimum atomic E-state index is -1.26. The normalized spacial score (nSPS) is 10.5. The summed E-state index contributed by atoms with van der Waals surface area (Å²) in [6, 6.07) is 8.90.